The van der Waals surface area contributed by atoms with Gasteiger partial charge < -0.3 is 25.1 Å². The molecule has 49 heavy (non-hydrogen) atoms. The lowest BCUT2D eigenvalue weighted by molar-refractivity contribution is -0.161. The van der Waals surface area contributed by atoms with Gasteiger partial charge in [-0.1, -0.05) is 85.8 Å². The summed E-state index contributed by atoms with van der Waals surface area (Å²) >= 11 is 0. The highest BCUT2D eigenvalue weighted by molar-refractivity contribution is 6.00. The number of aromatic amines is 1. The average molecular weight is 667 g/mol. The van der Waals surface area contributed by atoms with Gasteiger partial charge in [0.15, 0.2) is 0 Å². The summed E-state index contributed by atoms with van der Waals surface area (Å²) in [5.74, 6) is -3.13. The van der Waals surface area contributed by atoms with Crippen molar-refractivity contribution in [1.82, 2.24) is 20.9 Å². The van der Waals surface area contributed by atoms with Gasteiger partial charge in [-0.3, -0.25) is 19.7 Å². The van der Waals surface area contributed by atoms with Crippen LogP contribution in [-0.2, 0) is 35.9 Å². The van der Waals surface area contributed by atoms with Crippen molar-refractivity contribution in [3.63, 3.8) is 0 Å². The minimum Gasteiger partial charge on any atom is -0.460 e. The van der Waals surface area contributed by atoms with Crippen molar-refractivity contribution < 1.29 is 28.7 Å². The Morgan fingerprint density at radius 3 is 2.20 bits per heavy atom. The van der Waals surface area contributed by atoms with E-state index in [2.05, 4.69) is 20.9 Å². The number of ketones is 1. The largest absolute Gasteiger partial charge is 0.460 e. The zero-order valence-electron chi connectivity index (χ0n) is 29.0. The third kappa shape index (κ3) is 7.70. The standard InChI is InChI=1S/C39H46N4O6/c1-25(29-23-41-30-20-14-13-19-28(29)30)32(44)31-33(42-34(45)38(5,6)43-36(47)49-37(2,3)4)40-22-21-39(31,27-17-11-8-12-18-27)35(46)48-24-26-15-9-7-10-16-26/h7-20,23,25,31,33,40-41H,21-22,24H2,1-6H3,(H,42,45)(H,43,47). The van der Waals surface area contributed by atoms with Gasteiger partial charge in [0.05, 0.1) is 12.1 Å². The number of ether oxygens (including phenoxy) is 2. The number of hydrogen-bond acceptors (Lipinski definition) is 7. The Bertz CT molecular complexity index is 1800. The van der Waals surface area contributed by atoms with Gasteiger partial charge in [-0.25, -0.2) is 4.79 Å². The molecule has 2 amide bonds. The number of H-pyrrole nitrogens is 1. The van der Waals surface area contributed by atoms with Gasteiger partial charge in [0.1, 0.15) is 28.9 Å². The predicted octanol–water partition coefficient (Wildman–Crippen LogP) is 5.88. The molecule has 1 aromatic heterocycles. The van der Waals surface area contributed by atoms with Gasteiger partial charge in [-0.15, -0.1) is 0 Å². The summed E-state index contributed by atoms with van der Waals surface area (Å²) in [6, 6.07) is 26.3. The molecule has 10 heteroatoms. The summed E-state index contributed by atoms with van der Waals surface area (Å²) in [6.07, 6.45) is 0.315. The van der Waals surface area contributed by atoms with Crippen molar-refractivity contribution in [2.45, 2.75) is 83.2 Å². The number of esters is 1. The van der Waals surface area contributed by atoms with Gasteiger partial charge in [-0.2, -0.15) is 0 Å². The number of piperidine rings is 1. The van der Waals surface area contributed by atoms with Gasteiger partial charge >= 0.3 is 12.1 Å². The molecule has 3 aromatic carbocycles. The first-order chi connectivity index (χ1) is 23.2. The normalized spacial score (nSPS) is 20.2. The van der Waals surface area contributed by atoms with Gasteiger partial charge in [0, 0.05) is 23.0 Å². The van der Waals surface area contributed by atoms with E-state index in [9.17, 15) is 14.4 Å². The number of nitrogens with one attached hydrogen (secondary N) is 4. The van der Waals surface area contributed by atoms with Crippen molar-refractivity contribution >= 4 is 34.7 Å². The van der Waals surface area contributed by atoms with E-state index in [1.165, 1.54) is 0 Å². The van der Waals surface area contributed by atoms with E-state index in [-0.39, 0.29) is 18.8 Å². The number of rotatable bonds is 10. The Kier molecular flexibility index (Phi) is 10.3. The molecule has 0 saturated carbocycles. The fourth-order valence-corrected chi connectivity index (χ4v) is 6.59. The molecule has 1 fully saturated rings. The number of aromatic nitrogens is 1. The van der Waals surface area contributed by atoms with Crippen LogP contribution < -0.4 is 16.0 Å². The number of para-hydroxylation sites is 1. The third-order valence-electron chi connectivity index (χ3n) is 9.10. The Morgan fingerprint density at radius 2 is 1.53 bits per heavy atom. The number of carbonyl (C=O) groups excluding carboxylic acids is 4. The van der Waals surface area contributed by atoms with E-state index in [1.54, 1.807) is 34.6 Å². The highest BCUT2D eigenvalue weighted by atomic mass is 16.6. The number of Topliss-reactive ketones (excluding diaryl/α,β-unsaturated/α-hetero) is 1. The lowest BCUT2D eigenvalue weighted by atomic mass is 9.61. The zero-order chi connectivity index (χ0) is 35.4. The van der Waals surface area contributed by atoms with Gasteiger partial charge in [0.25, 0.3) is 0 Å². The Hall–Kier alpha value is -4.96. The molecule has 0 radical (unpaired) electrons. The molecule has 2 heterocycles. The molecule has 0 spiro atoms. The van der Waals surface area contributed by atoms with E-state index in [1.807, 2.05) is 98.0 Å². The van der Waals surface area contributed by atoms with Crippen molar-refractivity contribution in [2.24, 2.45) is 5.92 Å². The summed E-state index contributed by atoms with van der Waals surface area (Å²) in [5.41, 5.74) is -0.571. The van der Waals surface area contributed by atoms with E-state index in [0.717, 1.165) is 22.0 Å². The molecule has 5 rings (SSSR count). The van der Waals surface area contributed by atoms with Crippen LogP contribution in [0, 0.1) is 5.92 Å². The molecule has 0 bridgehead atoms. The van der Waals surface area contributed by atoms with E-state index in [4.69, 9.17) is 9.47 Å². The molecule has 4 unspecified atom stereocenters. The third-order valence-corrected chi connectivity index (χ3v) is 9.10. The molecule has 258 valence electrons. The number of amides is 2. The van der Waals surface area contributed by atoms with Crippen LogP contribution in [-0.4, -0.2) is 52.6 Å². The van der Waals surface area contributed by atoms with Crippen molar-refractivity contribution in [3.05, 3.63) is 108 Å². The van der Waals surface area contributed by atoms with Crippen molar-refractivity contribution in [3.8, 4) is 0 Å². The lowest BCUT2D eigenvalue weighted by Crippen LogP contribution is -2.69. The van der Waals surface area contributed by atoms with Crippen LogP contribution >= 0.6 is 0 Å². The fourth-order valence-electron chi connectivity index (χ4n) is 6.59. The van der Waals surface area contributed by atoms with Crippen LogP contribution in [0.2, 0.25) is 0 Å². The van der Waals surface area contributed by atoms with Crippen LogP contribution in [0.3, 0.4) is 0 Å². The highest BCUT2D eigenvalue weighted by Crippen LogP contribution is 2.44. The summed E-state index contributed by atoms with van der Waals surface area (Å²) in [5, 5.41) is 9.85. The van der Waals surface area contributed by atoms with Crippen LogP contribution in [0.25, 0.3) is 10.9 Å². The topological polar surface area (TPSA) is 139 Å². The number of benzene rings is 3. The molecule has 1 aliphatic rings. The monoisotopic (exact) mass is 666 g/mol. The summed E-state index contributed by atoms with van der Waals surface area (Å²) in [4.78, 5) is 59.6. The Balaban J connectivity index is 1.57. The maximum atomic E-state index is 15.1. The average Bonchev–Trinajstić information content (AvgIpc) is 3.50. The number of hydrogen-bond donors (Lipinski definition) is 4. The second kappa shape index (κ2) is 14.3. The number of carbonyl (C=O) groups is 4. The second-order valence-corrected chi connectivity index (χ2v) is 14.2. The SMILES string of the molecule is CC(C(=O)C1C(NC(=O)C(C)(C)NC(=O)OC(C)(C)C)NCCC1(C(=O)OCc1ccccc1)c1ccccc1)c1c[nH]c2ccccc12. The van der Waals surface area contributed by atoms with Gasteiger partial charge in [-0.05, 0) is 70.3 Å². The molecule has 10 nitrogen and oxygen atoms in total. The van der Waals surface area contributed by atoms with Crippen LogP contribution in [0.15, 0.2) is 91.1 Å². The molecular formula is C39H46N4O6. The van der Waals surface area contributed by atoms with Crippen LogP contribution in [0.5, 0.6) is 0 Å². The Morgan fingerprint density at radius 1 is 0.898 bits per heavy atom. The zero-order valence-corrected chi connectivity index (χ0v) is 29.0. The molecular weight excluding hydrogens is 620 g/mol. The summed E-state index contributed by atoms with van der Waals surface area (Å²) < 4.78 is 11.5. The maximum Gasteiger partial charge on any atom is 0.408 e. The summed E-state index contributed by atoms with van der Waals surface area (Å²) in [6.45, 7) is 10.4. The maximum absolute atomic E-state index is 15.1. The molecule has 4 atom stereocenters. The van der Waals surface area contributed by atoms with Crippen molar-refractivity contribution in [2.75, 3.05) is 6.54 Å². The first kappa shape index (κ1) is 35.3. The van der Waals surface area contributed by atoms with E-state index < -0.39 is 52.5 Å². The summed E-state index contributed by atoms with van der Waals surface area (Å²) in [7, 11) is 0. The van der Waals surface area contributed by atoms with Crippen molar-refractivity contribution in [1.29, 1.82) is 0 Å². The number of fused-ring (bicyclic) bond motifs is 1. The van der Waals surface area contributed by atoms with Crippen LogP contribution in [0.4, 0.5) is 4.79 Å². The predicted molar refractivity (Wildman–Crippen MR) is 188 cm³/mol. The van der Waals surface area contributed by atoms with Gasteiger partial charge in [0.2, 0.25) is 5.91 Å². The minimum absolute atomic E-state index is 0.0183. The molecule has 4 aromatic rings. The smallest absolute Gasteiger partial charge is 0.408 e. The lowest BCUT2D eigenvalue weighted by Gasteiger charge is -2.47. The molecule has 1 aliphatic heterocycles. The Labute approximate surface area is 287 Å². The quantitative estimate of drug-likeness (QED) is 0.155. The van der Waals surface area contributed by atoms with Crippen LogP contribution in [0.1, 0.15) is 70.6 Å². The molecule has 4 N–H and O–H groups in total. The van der Waals surface area contributed by atoms with E-state index in [0.29, 0.717) is 12.1 Å². The van der Waals surface area contributed by atoms with E-state index >= 15 is 4.79 Å². The first-order valence-corrected chi connectivity index (χ1v) is 16.6. The highest BCUT2D eigenvalue weighted by Gasteiger charge is 2.58. The number of alkyl carbamates (subject to hydrolysis) is 1. The minimum atomic E-state index is -1.46. The fraction of sp³-hybridized carbons (Fsp3) is 0.385. The molecule has 1 saturated heterocycles. The second-order valence-electron chi connectivity index (χ2n) is 14.2. The first-order valence-electron chi connectivity index (χ1n) is 16.6. The molecule has 0 aliphatic carbocycles.